The van der Waals surface area contributed by atoms with Gasteiger partial charge in [0.2, 0.25) is 0 Å². The molecule has 0 saturated carbocycles. The van der Waals surface area contributed by atoms with Crippen LogP contribution in [0.1, 0.15) is 15.9 Å². The Hall–Kier alpha value is -2.09. The van der Waals surface area contributed by atoms with Gasteiger partial charge < -0.3 is 4.90 Å². The van der Waals surface area contributed by atoms with Gasteiger partial charge in [-0.25, -0.2) is 13.8 Å². The maximum absolute atomic E-state index is 14.2. The Morgan fingerprint density at radius 1 is 1.19 bits per heavy atom. The number of rotatable bonds is 5. The number of fused-ring (bicyclic) bond motifs is 1. The number of aromatic nitrogens is 1. The fourth-order valence-corrected chi connectivity index (χ4v) is 3.94. The Morgan fingerprint density at radius 3 is 2.56 bits per heavy atom. The van der Waals surface area contributed by atoms with Crippen LogP contribution in [0.3, 0.4) is 0 Å². The third-order valence-corrected chi connectivity index (χ3v) is 5.63. The maximum Gasteiger partial charge on any atom is 0.263 e. The summed E-state index contributed by atoms with van der Waals surface area (Å²) in [7, 11) is 3.75. The van der Waals surface area contributed by atoms with Gasteiger partial charge in [0.25, 0.3) is 5.91 Å². The van der Waals surface area contributed by atoms with Crippen LogP contribution < -0.4 is 4.90 Å². The number of amides is 1. The minimum Gasteiger partial charge on any atom is -0.308 e. The molecule has 0 aliphatic rings. The lowest BCUT2D eigenvalue weighted by Gasteiger charge is -2.22. The largest absolute Gasteiger partial charge is 0.308 e. The van der Waals surface area contributed by atoms with Crippen molar-refractivity contribution < 1.29 is 13.6 Å². The number of aryl methyl sites for hydroxylation is 1. The molecule has 0 aliphatic carbocycles. The van der Waals surface area contributed by atoms with Crippen LogP contribution in [-0.4, -0.2) is 43.0 Å². The number of carbonyl (C=O) groups excluding carboxylic acids is 1. The van der Waals surface area contributed by atoms with Crippen molar-refractivity contribution in [3.05, 3.63) is 58.1 Å². The first kappa shape index (κ1) is 19.7. The van der Waals surface area contributed by atoms with Crippen LogP contribution in [0.25, 0.3) is 10.2 Å². The number of anilines is 1. The molecule has 27 heavy (non-hydrogen) atoms. The van der Waals surface area contributed by atoms with E-state index in [4.69, 9.17) is 11.6 Å². The second kappa shape index (κ2) is 7.88. The summed E-state index contributed by atoms with van der Waals surface area (Å²) in [5, 5.41) is 0.976. The van der Waals surface area contributed by atoms with Crippen molar-refractivity contribution in [2.45, 2.75) is 6.92 Å². The van der Waals surface area contributed by atoms with E-state index < -0.39 is 17.5 Å². The molecule has 2 aromatic carbocycles. The quantitative estimate of drug-likeness (QED) is 0.610. The topological polar surface area (TPSA) is 36.4 Å². The number of hydrogen-bond donors (Lipinski definition) is 0. The van der Waals surface area contributed by atoms with E-state index in [1.807, 2.05) is 32.0 Å². The van der Waals surface area contributed by atoms with Crippen molar-refractivity contribution in [2.75, 3.05) is 32.1 Å². The summed E-state index contributed by atoms with van der Waals surface area (Å²) in [4.78, 5) is 20.9. The number of hydrogen-bond acceptors (Lipinski definition) is 4. The molecule has 8 heteroatoms. The Labute approximate surface area is 165 Å². The highest BCUT2D eigenvalue weighted by molar-refractivity contribution is 7.23. The lowest BCUT2D eigenvalue weighted by Crippen LogP contribution is -2.37. The Bertz CT molecular complexity index is 967. The molecule has 0 fully saturated rings. The van der Waals surface area contributed by atoms with E-state index >= 15 is 0 Å². The average molecular weight is 410 g/mol. The highest BCUT2D eigenvalue weighted by Crippen LogP contribution is 2.36. The second-order valence-electron chi connectivity index (χ2n) is 6.42. The van der Waals surface area contributed by atoms with Gasteiger partial charge in [0, 0.05) is 19.2 Å². The number of thiazole rings is 1. The van der Waals surface area contributed by atoms with Crippen molar-refractivity contribution >= 4 is 44.2 Å². The number of halogens is 3. The van der Waals surface area contributed by atoms with E-state index in [1.54, 1.807) is 6.07 Å². The minimum atomic E-state index is -0.898. The van der Waals surface area contributed by atoms with Crippen molar-refractivity contribution in [2.24, 2.45) is 0 Å². The number of nitrogens with zero attached hydrogens (tertiary/aromatic N) is 3. The maximum atomic E-state index is 14.2. The average Bonchev–Trinajstić information content (AvgIpc) is 3.04. The van der Waals surface area contributed by atoms with Gasteiger partial charge in [-0.2, -0.15) is 0 Å². The van der Waals surface area contributed by atoms with E-state index in [0.29, 0.717) is 34.8 Å². The molecule has 0 saturated heterocycles. The number of carbonyl (C=O) groups is 1. The van der Waals surface area contributed by atoms with Crippen LogP contribution in [0.5, 0.6) is 0 Å². The van der Waals surface area contributed by atoms with Gasteiger partial charge in [-0.05, 0) is 44.8 Å². The number of likely N-dealkylation sites (N-methyl/N-ethyl adjacent to an activating group) is 1. The monoisotopic (exact) mass is 409 g/mol. The number of benzene rings is 2. The predicted molar refractivity (Wildman–Crippen MR) is 106 cm³/mol. The summed E-state index contributed by atoms with van der Waals surface area (Å²) in [6, 6.07) is 6.57. The summed E-state index contributed by atoms with van der Waals surface area (Å²) in [6.45, 7) is 2.77. The zero-order valence-electron chi connectivity index (χ0n) is 15.1. The van der Waals surface area contributed by atoms with Crippen molar-refractivity contribution in [3.8, 4) is 0 Å². The smallest absolute Gasteiger partial charge is 0.263 e. The molecule has 0 N–H and O–H groups in total. The zero-order valence-corrected chi connectivity index (χ0v) is 16.7. The molecule has 142 valence electrons. The second-order valence-corrected chi connectivity index (χ2v) is 7.81. The molecule has 3 aromatic rings. The molecule has 0 atom stereocenters. The van der Waals surface area contributed by atoms with Crippen LogP contribution >= 0.6 is 22.9 Å². The third kappa shape index (κ3) is 4.10. The van der Waals surface area contributed by atoms with E-state index in [1.165, 1.54) is 16.2 Å². The SMILES string of the molecule is Cc1ccc(Cl)c2sc(N(CCN(C)C)C(=O)c3ccc(F)cc3F)nc12. The Kier molecular flexibility index (Phi) is 5.74. The summed E-state index contributed by atoms with van der Waals surface area (Å²) >= 11 is 7.55. The van der Waals surface area contributed by atoms with E-state index in [9.17, 15) is 13.6 Å². The molecule has 0 unspecified atom stereocenters. The molecule has 3 rings (SSSR count). The van der Waals surface area contributed by atoms with Gasteiger partial charge in [0.15, 0.2) is 5.13 Å². The summed E-state index contributed by atoms with van der Waals surface area (Å²) < 4.78 is 28.2. The highest BCUT2D eigenvalue weighted by Gasteiger charge is 2.25. The molecule has 4 nitrogen and oxygen atoms in total. The van der Waals surface area contributed by atoms with E-state index in [-0.39, 0.29) is 5.56 Å². The van der Waals surface area contributed by atoms with E-state index in [2.05, 4.69) is 4.98 Å². The first-order valence-electron chi connectivity index (χ1n) is 8.25. The lowest BCUT2D eigenvalue weighted by atomic mass is 10.2. The first-order valence-corrected chi connectivity index (χ1v) is 9.44. The van der Waals surface area contributed by atoms with Crippen molar-refractivity contribution in [1.82, 2.24) is 9.88 Å². The minimum absolute atomic E-state index is 0.197. The van der Waals surface area contributed by atoms with Gasteiger partial charge in [-0.3, -0.25) is 9.69 Å². The van der Waals surface area contributed by atoms with Crippen molar-refractivity contribution in [1.29, 1.82) is 0 Å². The Morgan fingerprint density at radius 2 is 1.93 bits per heavy atom. The fraction of sp³-hybridized carbons (Fsp3) is 0.263. The van der Waals surface area contributed by atoms with E-state index in [0.717, 1.165) is 22.4 Å². The van der Waals surface area contributed by atoms with Crippen LogP contribution in [0.15, 0.2) is 30.3 Å². The van der Waals surface area contributed by atoms with Crippen LogP contribution in [0.4, 0.5) is 13.9 Å². The van der Waals surface area contributed by atoms with Crippen molar-refractivity contribution in [3.63, 3.8) is 0 Å². The fourth-order valence-electron chi connectivity index (χ4n) is 2.60. The predicted octanol–water partition coefficient (Wildman–Crippen LogP) is 4.74. The molecule has 1 aromatic heterocycles. The normalized spacial score (nSPS) is 11.4. The Balaban J connectivity index is 2.07. The summed E-state index contributed by atoms with van der Waals surface area (Å²) in [5.74, 6) is -2.20. The molecular weight excluding hydrogens is 392 g/mol. The standard InChI is InChI=1S/C19H18ClF2N3OS/c1-11-4-7-14(20)17-16(11)23-19(27-17)25(9-8-24(2)3)18(26)13-6-5-12(21)10-15(13)22/h4-7,10H,8-9H2,1-3H3. The lowest BCUT2D eigenvalue weighted by molar-refractivity contribution is 0.0981. The summed E-state index contributed by atoms with van der Waals surface area (Å²) in [6.07, 6.45) is 0. The third-order valence-electron chi connectivity index (χ3n) is 4.09. The highest BCUT2D eigenvalue weighted by atomic mass is 35.5. The van der Waals surface area contributed by atoms with Gasteiger partial charge >= 0.3 is 0 Å². The first-order chi connectivity index (χ1) is 12.8. The van der Waals surface area contributed by atoms with Gasteiger partial charge in [0.05, 0.1) is 20.8 Å². The summed E-state index contributed by atoms with van der Waals surface area (Å²) in [5.41, 5.74) is 1.45. The molecule has 0 radical (unpaired) electrons. The van der Waals surface area contributed by atoms with Gasteiger partial charge in [-0.15, -0.1) is 0 Å². The zero-order chi connectivity index (χ0) is 19.7. The molecular formula is C19H18ClF2N3OS. The molecule has 0 aliphatic heterocycles. The molecule has 1 amide bonds. The van der Waals surface area contributed by atoms with Crippen LogP contribution in [-0.2, 0) is 0 Å². The molecule has 1 heterocycles. The molecule has 0 bridgehead atoms. The van der Waals surface area contributed by atoms with Crippen LogP contribution in [0, 0.1) is 18.6 Å². The van der Waals surface area contributed by atoms with Gasteiger partial charge in [0.1, 0.15) is 11.6 Å². The molecule has 0 spiro atoms. The van der Waals surface area contributed by atoms with Crippen LogP contribution in [0.2, 0.25) is 5.02 Å². The van der Waals surface area contributed by atoms with Gasteiger partial charge in [-0.1, -0.05) is 29.0 Å².